The molecular formula is C5H7N3. The molecule has 0 radical (unpaired) electrons. The van der Waals surface area contributed by atoms with E-state index in [-0.39, 0.29) is 0 Å². The van der Waals surface area contributed by atoms with Crippen molar-refractivity contribution in [2.75, 3.05) is 7.05 Å². The third-order valence-electron chi connectivity index (χ3n) is 0.577. The molecule has 0 aliphatic rings. The summed E-state index contributed by atoms with van der Waals surface area (Å²) in [5, 5.41) is 8.17. The van der Waals surface area contributed by atoms with E-state index in [1.165, 1.54) is 12.4 Å². The molecule has 0 fully saturated rings. The summed E-state index contributed by atoms with van der Waals surface area (Å²) in [5.41, 5.74) is 5.38. The summed E-state index contributed by atoms with van der Waals surface area (Å²) in [6.07, 6.45) is 2.62. The summed E-state index contributed by atoms with van der Waals surface area (Å²) in [6, 6.07) is 1.84. The minimum absolute atomic E-state index is 0.382. The summed E-state index contributed by atoms with van der Waals surface area (Å²) in [7, 11) is 1.58. The lowest BCUT2D eigenvalue weighted by atomic mass is 10.3. The first-order chi connectivity index (χ1) is 3.85. The first kappa shape index (κ1) is 6.70. The van der Waals surface area contributed by atoms with Crippen molar-refractivity contribution in [2.45, 2.75) is 0 Å². The number of aliphatic imine (C=N–C) groups is 1. The van der Waals surface area contributed by atoms with Gasteiger partial charge in [0.1, 0.15) is 6.07 Å². The van der Waals surface area contributed by atoms with Crippen molar-refractivity contribution in [3.63, 3.8) is 0 Å². The Morgan fingerprint density at radius 1 is 1.88 bits per heavy atom. The topological polar surface area (TPSA) is 62.2 Å². The van der Waals surface area contributed by atoms with Crippen molar-refractivity contribution in [1.29, 1.82) is 5.26 Å². The Labute approximate surface area is 48.1 Å². The maximum absolute atomic E-state index is 8.17. The molecule has 0 amide bonds. The van der Waals surface area contributed by atoms with Crippen molar-refractivity contribution in [2.24, 2.45) is 10.7 Å². The van der Waals surface area contributed by atoms with Gasteiger partial charge in [-0.05, 0) is 0 Å². The zero-order valence-electron chi connectivity index (χ0n) is 4.63. The lowest BCUT2D eigenvalue weighted by Gasteiger charge is -1.77. The van der Waals surface area contributed by atoms with Crippen LogP contribution in [0.15, 0.2) is 16.8 Å². The average Bonchev–Trinajstić information content (AvgIpc) is 1.83. The summed E-state index contributed by atoms with van der Waals surface area (Å²) in [6.45, 7) is 0. The van der Waals surface area contributed by atoms with Gasteiger partial charge in [-0.3, -0.25) is 4.99 Å². The Morgan fingerprint density at radius 3 is 2.62 bits per heavy atom. The first-order valence-corrected chi connectivity index (χ1v) is 2.09. The Morgan fingerprint density at radius 2 is 2.50 bits per heavy atom. The molecule has 0 unspecified atom stereocenters. The third-order valence-corrected chi connectivity index (χ3v) is 0.577. The van der Waals surface area contributed by atoms with Crippen LogP contribution in [0.3, 0.4) is 0 Å². The maximum Gasteiger partial charge on any atom is 0.102 e. The molecule has 0 rings (SSSR count). The summed E-state index contributed by atoms with van der Waals surface area (Å²) < 4.78 is 0. The highest BCUT2D eigenvalue weighted by Gasteiger charge is 1.81. The first-order valence-electron chi connectivity index (χ1n) is 2.09. The SMILES string of the molecule is CN=C/C(C#N)=C\N. The molecule has 0 heterocycles. The van der Waals surface area contributed by atoms with Crippen LogP contribution in [0.2, 0.25) is 0 Å². The van der Waals surface area contributed by atoms with Gasteiger partial charge in [-0.1, -0.05) is 0 Å². The van der Waals surface area contributed by atoms with Crippen LogP contribution in [0.1, 0.15) is 0 Å². The molecule has 2 N–H and O–H groups in total. The van der Waals surface area contributed by atoms with Crippen molar-refractivity contribution in [3.8, 4) is 6.07 Å². The van der Waals surface area contributed by atoms with E-state index in [0.717, 1.165) is 0 Å². The standard InChI is InChI=1S/C5H7N3/c1-8-4-5(2-6)3-7/h2,4H,6H2,1H3/b5-2-,8-4?. The van der Waals surface area contributed by atoms with Gasteiger partial charge >= 0.3 is 0 Å². The van der Waals surface area contributed by atoms with Gasteiger partial charge < -0.3 is 5.73 Å². The fourth-order valence-corrected chi connectivity index (χ4v) is 0.248. The van der Waals surface area contributed by atoms with Gasteiger partial charge in [0, 0.05) is 19.5 Å². The number of hydrogen-bond acceptors (Lipinski definition) is 3. The van der Waals surface area contributed by atoms with Crippen LogP contribution in [-0.2, 0) is 0 Å². The zero-order chi connectivity index (χ0) is 6.41. The van der Waals surface area contributed by atoms with Crippen molar-refractivity contribution >= 4 is 6.21 Å². The van der Waals surface area contributed by atoms with Gasteiger partial charge in [-0.15, -0.1) is 0 Å². The van der Waals surface area contributed by atoms with Gasteiger partial charge in [0.2, 0.25) is 0 Å². The molecule has 0 saturated heterocycles. The second-order valence-electron chi connectivity index (χ2n) is 1.12. The highest BCUT2D eigenvalue weighted by molar-refractivity contribution is 5.83. The zero-order valence-corrected chi connectivity index (χ0v) is 4.63. The average molecular weight is 109 g/mol. The van der Waals surface area contributed by atoms with Gasteiger partial charge in [0.25, 0.3) is 0 Å². The smallest absolute Gasteiger partial charge is 0.102 e. The van der Waals surface area contributed by atoms with E-state index in [4.69, 9.17) is 11.0 Å². The van der Waals surface area contributed by atoms with E-state index >= 15 is 0 Å². The van der Waals surface area contributed by atoms with E-state index in [1.807, 2.05) is 6.07 Å². The highest BCUT2D eigenvalue weighted by atomic mass is 14.6. The summed E-state index contributed by atoms with van der Waals surface area (Å²) >= 11 is 0. The van der Waals surface area contributed by atoms with Crippen molar-refractivity contribution in [1.82, 2.24) is 0 Å². The van der Waals surface area contributed by atoms with E-state index < -0.39 is 0 Å². The summed E-state index contributed by atoms with van der Waals surface area (Å²) in [4.78, 5) is 3.58. The molecule has 0 aliphatic heterocycles. The molecule has 0 bridgehead atoms. The molecule has 42 valence electrons. The number of nitrogens with zero attached hydrogens (tertiary/aromatic N) is 2. The Kier molecular flexibility index (Phi) is 3.25. The van der Waals surface area contributed by atoms with E-state index in [1.54, 1.807) is 7.05 Å². The molecule has 0 spiro atoms. The molecule has 0 atom stereocenters. The van der Waals surface area contributed by atoms with Crippen LogP contribution in [0, 0.1) is 11.3 Å². The Hall–Kier alpha value is -1.30. The molecule has 3 nitrogen and oxygen atoms in total. The van der Waals surface area contributed by atoms with E-state index in [2.05, 4.69) is 4.99 Å². The van der Waals surface area contributed by atoms with Crippen LogP contribution in [0.5, 0.6) is 0 Å². The lowest BCUT2D eigenvalue weighted by Crippen LogP contribution is -1.86. The highest BCUT2D eigenvalue weighted by Crippen LogP contribution is 1.79. The van der Waals surface area contributed by atoms with E-state index in [0.29, 0.717) is 5.57 Å². The van der Waals surface area contributed by atoms with Gasteiger partial charge in [0.05, 0.1) is 5.57 Å². The number of nitriles is 1. The molecule has 0 aromatic rings. The second-order valence-corrected chi connectivity index (χ2v) is 1.12. The third kappa shape index (κ3) is 1.98. The minimum Gasteiger partial charge on any atom is -0.403 e. The van der Waals surface area contributed by atoms with Crippen LogP contribution in [0.25, 0.3) is 0 Å². The molecule has 0 aliphatic carbocycles. The minimum atomic E-state index is 0.382. The maximum atomic E-state index is 8.17. The Balaban J connectivity index is 3.98. The lowest BCUT2D eigenvalue weighted by molar-refractivity contribution is 1.44. The van der Waals surface area contributed by atoms with Crippen LogP contribution < -0.4 is 5.73 Å². The molecule has 8 heavy (non-hydrogen) atoms. The summed E-state index contributed by atoms with van der Waals surface area (Å²) in [5.74, 6) is 0. The number of nitrogens with two attached hydrogens (primary N) is 1. The molecular weight excluding hydrogens is 102 g/mol. The fourth-order valence-electron chi connectivity index (χ4n) is 0.248. The van der Waals surface area contributed by atoms with Crippen LogP contribution in [0.4, 0.5) is 0 Å². The van der Waals surface area contributed by atoms with E-state index in [9.17, 15) is 0 Å². The quantitative estimate of drug-likeness (QED) is 0.382. The van der Waals surface area contributed by atoms with Crippen LogP contribution in [-0.4, -0.2) is 13.3 Å². The van der Waals surface area contributed by atoms with Gasteiger partial charge in [-0.25, -0.2) is 0 Å². The monoisotopic (exact) mass is 109 g/mol. The fraction of sp³-hybridized carbons (Fsp3) is 0.200. The number of hydrogen-bond donors (Lipinski definition) is 1. The number of allylic oxidation sites excluding steroid dienone is 1. The second kappa shape index (κ2) is 3.88. The molecule has 3 heteroatoms. The largest absolute Gasteiger partial charge is 0.403 e. The normalized spacial score (nSPS) is 11.8. The van der Waals surface area contributed by atoms with Gasteiger partial charge in [-0.2, -0.15) is 5.26 Å². The van der Waals surface area contributed by atoms with Crippen molar-refractivity contribution in [3.05, 3.63) is 11.8 Å². The molecule has 0 aromatic heterocycles. The Bertz CT molecular complexity index is 150. The number of rotatable bonds is 1. The molecule has 0 aromatic carbocycles. The van der Waals surface area contributed by atoms with Crippen molar-refractivity contribution < 1.29 is 0 Å². The molecule has 0 saturated carbocycles. The predicted octanol–water partition coefficient (Wildman–Crippen LogP) is 0.0532. The predicted molar refractivity (Wildman–Crippen MR) is 32.3 cm³/mol. The van der Waals surface area contributed by atoms with Gasteiger partial charge in [0.15, 0.2) is 0 Å². The van der Waals surface area contributed by atoms with Crippen LogP contribution >= 0.6 is 0 Å².